The molecule has 0 aliphatic heterocycles. The summed E-state index contributed by atoms with van der Waals surface area (Å²) in [5, 5.41) is 3.22. The summed E-state index contributed by atoms with van der Waals surface area (Å²) in [6.07, 6.45) is 0. The lowest BCUT2D eigenvalue weighted by molar-refractivity contribution is 0.0833. The van der Waals surface area contributed by atoms with Crippen LogP contribution in [0.4, 0.5) is 10.7 Å². The molecule has 0 spiro atoms. The average molecular weight is 314 g/mol. The first-order valence-electron chi connectivity index (χ1n) is 6.41. The SMILES string of the molecule is CNC(=O)c1c(N(C)CCOC)sc(C(=O)N(C)C)c1N. The first-order chi connectivity index (χ1) is 9.84. The summed E-state index contributed by atoms with van der Waals surface area (Å²) in [6.45, 7) is 1.11. The van der Waals surface area contributed by atoms with Crippen LogP contribution in [0.3, 0.4) is 0 Å². The van der Waals surface area contributed by atoms with Crippen molar-refractivity contribution in [3.63, 3.8) is 0 Å². The predicted molar refractivity (Wildman–Crippen MR) is 85.3 cm³/mol. The third kappa shape index (κ3) is 3.64. The van der Waals surface area contributed by atoms with E-state index in [-0.39, 0.29) is 17.5 Å². The number of thiophene rings is 1. The van der Waals surface area contributed by atoms with E-state index in [1.165, 1.54) is 23.3 Å². The first-order valence-corrected chi connectivity index (χ1v) is 7.22. The molecule has 0 radical (unpaired) electrons. The summed E-state index contributed by atoms with van der Waals surface area (Å²) >= 11 is 1.22. The Bertz CT molecular complexity index is 528. The van der Waals surface area contributed by atoms with Gasteiger partial charge in [0, 0.05) is 41.8 Å². The molecule has 1 heterocycles. The number of nitrogen functional groups attached to an aromatic ring is 1. The lowest BCUT2D eigenvalue weighted by Gasteiger charge is -2.18. The van der Waals surface area contributed by atoms with Gasteiger partial charge in [0.25, 0.3) is 11.8 Å². The Morgan fingerprint density at radius 1 is 1.33 bits per heavy atom. The van der Waals surface area contributed by atoms with Crippen LogP contribution in [0.1, 0.15) is 20.0 Å². The van der Waals surface area contributed by atoms with E-state index in [4.69, 9.17) is 10.5 Å². The number of nitrogens with two attached hydrogens (primary N) is 1. The third-order valence-electron chi connectivity index (χ3n) is 2.96. The minimum absolute atomic E-state index is 0.214. The number of ether oxygens (including phenoxy) is 1. The number of hydrogen-bond acceptors (Lipinski definition) is 6. The van der Waals surface area contributed by atoms with Crippen LogP contribution in [0.15, 0.2) is 0 Å². The van der Waals surface area contributed by atoms with E-state index < -0.39 is 0 Å². The van der Waals surface area contributed by atoms with Gasteiger partial charge in [-0.2, -0.15) is 0 Å². The van der Waals surface area contributed by atoms with Crippen LogP contribution >= 0.6 is 11.3 Å². The number of nitrogens with zero attached hydrogens (tertiary/aromatic N) is 2. The number of hydrogen-bond donors (Lipinski definition) is 2. The standard InChI is InChI=1S/C13H22N4O3S/c1-15-11(18)8-9(14)10(12(19)16(2)3)21-13(8)17(4)6-7-20-5/h6-7,14H2,1-5H3,(H,15,18). The van der Waals surface area contributed by atoms with Crippen molar-refractivity contribution in [2.24, 2.45) is 0 Å². The molecular weight excluding hydrogens is 292 g/mol. The van der Waals surface area contributed by atoms with Crippen molar-refractivity contribution in [2.75, 3.05) is 59.1 Å². The van der Waals surface area contributed by atoms with E-state index in [0.29, 0.717) is 28.6 Å². The molecule has 21 heavy (non-hydrogen) atoms. The van der Waals surface area contributed by atoms with Gasteiger partial charge in [-0.05, 0) is 0 Å². The van der Waals surface area contributed by atoms with E-state index in [0.717, 1.165) is 0 Å². The molecule has 0 aromatic carbocycles. The Kier molecular flexibility index (Phi) is 5.98. The fourth-order valence-electron chi connectivity index (χ4n) is 1.74. The third-order valence-corrected chi connectivity index (χ3v) is 4.27. The maximum Gasteiger partial charge on any atom is 0.265 e. The van der Waals surface area contributed by atoms with E-state index in [1.807, 2.05) is 11.9 Å². The maximum atomic E-state index is 12.2. The molecule has 2 amide bonds. The molecule has 1 aromatic heterocycles. The van der Waals surface area contributed by atoms with Gasteiger partial charge in [-0.15, -0.1) is 11.3 Å². The van der Waals surface area contributed by atoms with Crippen molar-refractivity contribution < 1.29 is 14.3 Å². The summed E-state index contributed by atoms with van der Waals surface area (Å²) in [5.41, 5.74) is 6.59. The summed E-state index contributed by atoms with van der Waals surface area (Å²) in [5.74, 6) is -0.519. The van der Waals surface area contributed by atoms with Gasteiger partial charge in [0.05, 0.1) is 17.9 Å². The molecule has 7 nitrogen and oxygen atoms in total. The van der Waals surface area contributed by atoms with Gasteiger partial charge >= 0.3 is 0 Å². The van der Waals surface area contributed by atoms with Crippen LogP contribution in [-0.2, 0) is 4.74 Å². The maximum absolute atomic E-state index is 12.2. The lowest BCUT2D eigenvalue weighted by Crippen LogP contribution is -2.26. The second-order valence-corrected chi connectivity index (χ2v) is 5.72. The quantitative estimate of drug-likeness (QED) is 0.797. The van der Waals surface area contributed by atoms with Gasteiger partial charge in [-0.1, -0.05) is 0 Å². The minimum atomic E-state index is -0.305. The Labute approximate surface area is 128 Å². The minimum Gasteiger partial charge on any atom is -0.397 e. The fourth-order valence-corrected chi connectivity index (χ4v) is 2.96. The highest BCUT2D eigenvalue weighted by molar-refractivity contribution is 7.19. The van der Waals surface area contributed by atoms with Crippen LogP contribution in [0.5, 0.6) is 0 Å². The number of nitrogens with one attached hydrogen (secondary N) is 1. The van der Waals surface area contributed by atoms with Crippen molar-refractivity contribution >= 4 is 33.8 Å². The van der Waals surface area contributed by atoms with Crippen molar-refractivity contribution in [2.45, 2.75) is 0 Å². The summed E-state index contributed by atoms with van der Waals surface area (Å²) in [7, 11) is 8.27. The van der Waals surface area contributed by atoms with Gasteiger partial charge < -0.3 is 25.6 Å². The molecule has 0 saturated heterocycles. The molecular formula is C13H22N4O3S. The highest BCUT2D eigenvalue weighted by atomic mass is 32.1. The Balaban J connectivity index is 3.31. The number of anilines is 2. The summed E-state index contributed by atoms with van der Waals surface area (Å²) in [6, 6.07) is 0. The highest BCUT2D eigenvalue weighted by Crippen LogP contribution is 2.38. The molecule has 0 atom stereocenters. The van der Waals surface area contributed by atoms with E-state index in [1.54, 1.807) is 21.2 Å². The summed E-state index contributed by atoms with van der Waals surface area (Å²) < 4.78 is 5.04. The smallest absolute Gasteiger partial charge is 0.265 e. The first kappa shape index (κ1) is 17.3. The van der Waals surface area contributed by atoms with E-state index in [9.17, 15) is 9.59 Å². The van der Waals surface area contributed by atoms with Crippen molar-refractivity contribution in [1.29, 1.82) is 0 Å². The number of amides is 2. The Morgan fingerprint density at radius 3 is 2.43 bits per heavy atom. The molecule has 0 bridgehead atoms. The average Bonchev–Trinajstić information content (AvgIpc) is 2.80. The molecule has 118 valence electrons. The molecule has 3 N–H and O–H groups in total. The van der Waals surface area contributed by atoms with E-state index in [2.05, 4.69) is 5.32 Å². The van der Waals surface area contributed by atoms with Crippen molar-refractivity contribution in [3.05, 3.63) is 10.4 Å². The topological polar surface area (TPSA) is 87.9 Å². The van der Waals surface area contributed by atoms with Crippen molar-refractivity contribution in [3.8, 4) is 0 Å². The molecule has 8 heteroatoms. The van der Waals surface area contributed by atoms with Crippen LogP contribution in [-0.4, -0.2) is 65.2 Å². The predicted octanol–water partition coefficient (Wildman–Crippen LogP) is 0.474. The Hall–Kier alpha value is -1.80. The molecule has 0 aliphatic carbocycles. The van der Waals surface area contributed by atoms with Gasteiger partial charge in [0.1, 0.15) is 9.88 Å². The lowest BCUT2D eigenvalue weighted by atomic mass is 10.2. The largest absolute Gasteiger partial charge is 0.397 e. The summed E-state index contributed by atoms with van der Waals surface area (Å²) in [4.78, 5) is 27.9. The zero-order valence-electron chi connectivity index (χ0n) is 13.0. The normalized spacial score (nSPS) is 10.3. The molecule has 0 aliphatic rings. The molecule has 0 unspecified atom stereocenters. The molecule has 1 aromatic rings. The number of likely N-dealkylation sites (N-methyl/N-ethyl adjacent to an activating group) is 1. The second kappa shape index (κ2) is 7.28. The molecule has 0 saturated carbocycles. The fraction of sp³-hybridized carbons (Fsp3) is 0.538. The van der Waals surface area contributed by atoms with Gasteiger partial charge in [-0.3, -0.25) is 9.59 Å². The van der Waals surface area contributed by atoms with Gasteiger partial charge in [-0.25, -0.2) is 0 Å². The second-order valence-electron chi connectivity index (χ2n) is 4.72. The van der Waals surface area contributed by atoms with Crippen LogP contribution in [0, 0.1) is 0 Å². The van der Waals surface area contributed by atoms with E-state index >= 15 is 0 Å². The Morgan fingerprint density at radius 2 is 1.95 bits per heavy atom. The number of rotatable bonds is 6. The van der Waals surface area contributed by atoms with Gasteiger partial charge in [0.2, 0.25) is 0 Å². The van der Waals surface area contributed by atoms with Crippen LogP contribution < -0.4 is 16.0 Å². The molecule has 0 fully saturated rings. The number of methoxy groups -OCH3 is 1. The number of carbonyl (C=O) groups is 2. The zero-order chi connectivity index (χ0) is 16.2. The number of carbonyl (C=O) groups excluding carboxylic acids is 2. The molecule has 1 rings (SSSR count). The zero-order valence-corrected chi connectivity index (χ0v) is 13.8. The van der Waals surface area contributed by atoms with Crippen LogP contribution in [0.2, 0.25) is 0 Å². The highest BCUT2D eigenvalue weighted by Gasteiger charge is 2.27. The van der Waals surface area contributed by atoms with Crippen molar-refractivity contribution in [1.82, 2.24) is 10.2 Å². The monoisotopic (exact) mass is 314 g/mol. The van der Waals surface area contributed by atoms with Crippen LogP contribution in [0.25, 0.3) is 0 Å². The van der Waals surface area contributed by atoms with Gasteiger partial charge in [0.15, 0.2) is 0 Å².